The molecule has 0 aliphatic heterocycles. The lowest BCUT2D eigenvalue weighted by Crippen LogP contribution is -2.41. The Morgan fingerprint density at radius 3 is 2.56 bits per heavy atom. The van der Waals surface area contributed by atoms with Gasteiger partial charge in [0.1, 0.15) is 5.76 Å². The molecule has 7 nitrogen and oxygen atoms in total. The van der Waals surface area contributed by atoms with E-state index in [1.165, 1.54) is 0 Å². The quantitative estimate of drug-likeness (QED) is 0.819. The summed E-state index contributed by atoms with van der Waals surface area (Å²) in [4.78, 5) is 24.7. The lowest BCUT2D eigenvalue weighted by molar-refractivity contribution is -0.129. The third-order valence-electron chi connectivity index (χ3n) is 2.39. The standard InChI is InChI=1S/C11H18N4O3/c1-4-15(5-2)10(16)7-12-11(17)13-9-6-8(3)18-14-9/h6H,4-5,7H2,1-3H3,(H2,12,13,14,17). The number of urea groups is 1. The van der Waals surface area contributed by atoms with E-state index >= 15 is 0 Å². The number of anilines is 1. The third kappa shape index (κ3) is 4.08. The Bertz CT molecular complexity index is 412. The Morgan fingerprint density at radius 1 is 1.39 bits per heavy atom. The lowest BCUT2D eigenvalue weighted by Gasteiger charge is -2.18. The number of aromatic nitrogens is 1. The first-order valence-corrected chi connectivity index (χ1v) is 5.82. The van der Waals surface area contributed by atoms with Gasteiger partial charge in [0.2, 0.25) is 5.91 Å². The minimum Gasteiger partial charge on any atom is -0.360 e. The number of likely N-dealkylation sites (N-methyl/N-ethyl adjacent to an activating group) is 1. The smallest absolute Gasteiger partial charge is 0.320 e. The Labute approximate surface area is 105 Å². The highest BCUT2D eigenvalue weighted by Gasteiger charge is 2.11. The molecule has 0 aromatic carbocycles. The van der Waals surface area contributed by atoms with Crippen molar-refractivity contribution >= 4 is 17.8 Å². The van der Waals surface area contributed by atoms with Crippen LogP contribution < -0.4 is 10.6 Å². The number of nitrogens with one attached hydrogen (secondary N) is 2. The summed E-state index contributed by atoms with van der Waals surface area (Å²) in [6.07, 6.45) is 0. The molecule has 1 heterocycles. The van der Waals surface area contributed by atoms with Crippen LogP contribution in [-0.2, 0) is 4.79 Å². The average Bonchev–Trinajstić information content (AvgIpc) is 2.73. The Kier molecular flexibility index (Phi) is 5.16. The van der Waals surface area contributed by atoms with Gasteiger partial charge in [0.05, 0.1) is 6.54 Å². The van der Waals surface area contributed by atoms with Gasteiger partial charge in [-0.1, -0.05) is 5.16 Å². The van der Waals surface area contributed by atoms with Crippen LogP contribution in [0.5, 0.6) is 0 Å². The zero-order valence-electron chi connectivity index (χ0n) is 10.8. The van der Waals surface area contributed by atoms with Crippen LogP contribution in [0.15, 0.2) is 10.6 Å². The Morgan fingerprint density at radius 2 is 2.06 bits per heavy atom. The molecule has 18 heavy (non-hydrogen) atoms. The molecule has 7 heteroatoms. The number of hydrogen-bond acceptors (Lipinski definition) is 4. The predicted octanol–water partition coefficient (Wildman–Crippen LogP) is 0.973. The van der Waals surface area contributed by atoms with Gasteiger partial charge in [0, 0.05) is 19.2 Å². The Balaban J connectivity index is 2.35. The molecule has 0 spiro atoms. The molecule has 3 amide bonds. The van der Waals surface area contributed by atoms with Gasteiger partial charge in [-0.3, -0.25) is 10.1 Å². The normalized spacial score (nSPS) is 9.94. The first kappa shape index (κ1) is 14.0. The molecule has 0 aliphatic carbocycles. The number of carbonyl (C=O) groups is 2. The summed E-state index contributed by atoms with van der Waals surface area (Å²) in [5, 5.41) is 8.54. The van der Waals surface area contributed by atoms with Gasteiger partial charge in [-0.2, -0.15) is 0 Å². The molecule has 0 radical (unpaired) electrons. The summed E-state index contributed by atoms with van der Waals surface area (Å²) < 4.78 is 4.80. The fourth-order valence-corrected chi connectivity index (χ4v) is 1.43. The van der Waals surface area contributed by atoms with Crippen molar-refractivity contribution in [3.05, 3.63) is 11.8 Å². The molecule has 0 aliphatic rings. The molecule has 0 bridgehead atoms. The molecule has 1 rings (SSSR count). The summed E-state index contributed by atoms with van der Waals surface area (Å²) >= 11 is 0. The van der Waals surface area contributed by atoms with Gasteiger partial charge < -0.3 is 14.7 Å². The predicted molar refractivity (Wildman–Crippen MR) is 66.2 cm³/mol. The van der Waals surface area contributed by atoms with Gasteiger partial charge in [0.15, 0.2) is 5.82 Å². The molecule has 100 valence electrons. The second-order valence-electron chi connectivity index (χ2n) is 3.70. The van der Waals surface area contributed by atoms with Gasteiger partial charge in [-0.25, -0.2) is 4.79 Å². The van der Waals surface area contributed by atoms with Crippen LogP contribution in [0.4, 0.5) is 10.6 Å². The number of hydrogen-bond donors (Lipinski definition) is 2. The lowest BCUT2D eigenvalue weighted by atomic mass is 10.4. The van der Waals surface area contributed by atoms with Crippen LogP contribution in [-0.4, -0.2) is 41.6 Å². The minimum atomic E-state index is -0.483. The first-order chi connectivity index (χ1) is 8.56. The molecule has 1 aromatic heterocycles. The van der Waals surface area contributed by atoms with Crippen molar-refractivity contribution in [2.45, 2.75) is 20.8 Å². The zero-order chi connectivity index (χ0) is 13.5. The van der Waals surface area contributed by atoms with Crippen molar-refractivity contribution in [3.8, 4) is 0 Å². The molecular formula is C11H18N4O3. The van der Waals surface area contributed by atoms with Crippen molar-refractivity contribution in [2.75, 3.05) is 25.0 Å². The van der Waals surface area contributed by atoms with E-state index < -0.39 is 6.03 Å². The van der Waals surface area contributed by atoms with E-state index in [2.05, 4.69) is 15.8 Å². The average molecular weight is 254 g/mol. The van der Waals surface area contributed by atoms with Crippen molar-refractivity contribution in [1.82, 2.24) is 15.4 Å². The third-order valence-corrected chi connectivity index (χ3v) is 2.39. The Hall–Kier alpha value is -2.05. The highest BCUT2D eigenvalue weighted by molar-refractivity contribution is 5.91. The molecule has 0 saturated heterocycles. The number of rotatable bonds is 5. The molecule has 0 fully saturated rings. The first-order valence-electron chi connectivity index (χ1n) is 5.82. The van der Waals surface area contributed by atoms with Crippen molar-refractivity contribution < 1.29 is 14.1 Å². The maximum atomic E-state index is 11.6. The maximum Gasteiger partial charge on any atom is 0.320 e. The highest BCUT2D eigenvalue weighted by Crippen LogP contribution is 2.06. The highest BCUT2D eigenvalue weighted by atomic mass is 16.5. The molecule has 2 N–H and O–H groups in total. The van der Waals surface area contributed by atoms with Crippen molar-refractivity contribution in [3.63, 3.8) is 0 Å². The topological polar surface area (TPSA) is 87.5 Å². The second-order valence-corrected chi connectivity index (χ2v) is 3.70. The van der Waals surface area contributed by atoms with Crippen LogP contribution >= 0.6 is 0 Å². The van der Waals surface area contributed by atoms with E-state index in [9.17, 15) is 9.59 Å². The van der Waals surface area contributed by atoms with Crippen LogP contribution in [0.1, 0.15) is 19.6 Å². The van der Waals surface area contributed by atoms with Crippen LogP contribution in [0.3, 0.4) is 0 Å². The van der Waals surface area contributed by atoms with Gasteiger partial charge in [-0.05, 0) is 20.8 Å². The van der Waals surface area contributed by atoms with E-state index in [0.29, 0.717) is 24.7 Å². The largest absolute Gasteiger partial charge is 0.360 e. The number of amides is 3. The zero-order valence-corrected chi connectivity index (χ0v) is 10.8. The van der Waals surface area contributed by atoms with Crippen LogP contribution in [0.25, 0.3) is 0 Å². The minimum absolute atomic E-state index is 0.0374. The number of aryl methyl sites for hydroxylation is 1. The molecule has 0 unspecified atom stereocenters. The van der Waals surface area contributed by atoms with E-state index in [4.69, 9.17) is 4.52 Å². The molecular weight excluding hydrogens is 236 g/mol. The summed E-state index contributed by atoms with van der Waals surface area (Å²) in [6, 6.07) is 1.11. The number of carbonyl (C=O) groups excluding carboxylic acids is 2. The van der Waals surface area contributed by atoms with E-state index in [0.717, 1.165) is 0 Å². The molecule has 1 aromatic rings. The van der Waals surface area contributed by atoms with Crippen molar-refractivity contribution in [1.29, 1.82) is 0 Å². The summed E-state index contributed by atoms with van der Waals surface area (Å²) in [7, 11) is 0. The summed E-state index contributed by atoms with van der Waals surface area (Å²) in [5.74, 6) is 0.802. The van der Waals surface area contributed by atoms with Crippen LogP contribution in [0, 0.1) is 6.92 Å². The second kappa shape index (κ2) is 6.63. The van der Waals surface area contributed by atoms with Crippen molar-refractivity contribution in [2.24, 2.45) is 0 Å². The van der Waals surface area contributed by atoms with E-state index in [-0.39, 0.29) is 12.5 Å². The fraction of sp³-hybridized carbons (Fsp3) is 0.545. The SMILES string of the molecule is CCN(CC)C(=O)CNC(=O)Nc1cc(C)on1. The maximum absolute atomic E-state index is 11.6. The van der Waals surface area contributed by atoms with Gasteiger partial charge in [0.25, 0.3) is 0 Å². The van der Waals surface area contributed by atoms with Gasteiger partial charge >= 0.3 is 6.03 Å². The van der Waals surface area contributed by atoms with Gasteiger partial charge in [-0.15, -0.1) is 0 Å². The molecule has 0 saturated carbocycles. The summed E-state index contributed by atoms with van der Waals surface area (Å²) in [6.45, 7) is 6.71. The van der Waals surface area contributed by atoms with E-state index in [1.807, 2.05) is 13.8 Å². The monoisotopic (exact) mass is 254 g/mol. The fourth-order valence-electron chi connectivity index (χ4n) is 1.43. The number of nitrogens with zero attached hydrogens (tertiary/aromatic N) is 2. The molecule has 0 atom stereocenters. The summed E-state index contributed by atoms with van der Waals surface area (Å²) in [5.41, 5.74) is 0. The van der Waals surface area contributed by atoms with Crippen LogP contribution in [0.2, 0.25) is 0 Å². The van der Waals surface area contributed by atoms with E-state index in [1.54, 1.807) is 17.9 Å².